The summed E-state index contributed by atoms with van der Waals surface area (Å²) in [6, 6.07) is 5.77. The monoisotopic (exact) mass is 336 g/mol. The van der Waals surface area contributed by atoms with E-state index in [9.17, 15) is 23.1 Å². The molecule has 0 aliphatic carbocycles. The predicted molar refractivity (Wildman–Crippen MR) is 75.6 cm³/mol. The summed E-state index contributed by atoms with van der Waals surface area (Å²) in [5, 5.41) is 12.7. The Hall–Kier alpha value is -1.47. The molecule has 0 aromatic heterocycles. The highest BCUT2D eigenvalue weighted by Gasteiger charge is 2.57. The lowest BCUT2D eigenvalue weighted by molar-refractivity contribution is -0.253. The first kappa shape index (κ1) is 16.9. The Bertz CT molecular complexity index is 567. The fraction of sp³-hybridized carbons (Fsp3) is 0.500. The van der Waals surface area contributed by atoms with Gasteiger partial charge in [0.2, 0.25) is 0 Å². The predicted octanol–water partition coefficient (Wildman–Crippen LogP) is 3.11. The normalized spacial score (nSPS) is 23.5. The second-order valence-electron chi connectivity index (χ2n) is 5.43. The second kappa shape index (κ2) is 5.96. The van der Waals surface area contributed by atoms with Crippen molar-refractivity contribution in [1.29, 1.82) is 0 Å². The number of likely N-dealkylation sites (tertiary alicyclic amines) is 1. The van der Waals surface area contributed by atoms with Crippen molar-refractivity contribution in [2.75, 3.05) is 13.1 Å². The van der Waals surface area contributed by atoms with Crippen molar-refractivity contribution in [1.82, 2.24) is 10.2 Å². The first-order valence-corrected chi connectivity index (χ1v) is 7.10. The number of amides is 2. The fourth-order valence-corrected chi connectivity index (χ4v) is 2.53. The van der Waals surface area contributed by atoms with E-state index in [0.717, 1.165) is 10.5 Å². The molecule has 1 saturated heterocycles. The van der Waals surface area contributed by atoms with Gasteiger partial charge < -0.3 is 15.3 Å². The number of β-amino-alcohol motifs (C(OH)–C–C–N with tert-alkyl or cyclic N) is 1. The summed E-state index contributed by atoms with van der Waals surface area (Å²) in [5.41, 5.74) is -2.09. The van der Waals surface area contributed by atoms with Crippen molar-refractivity contribution < 1.29 is 23.1 Å². The summed E-state index contributed by atoms with van der Waals surface area (Å²) in [4.78, 5) is 13.0. The summed E-state index contributed by atoms with van der Waals surface area (Å²) in [7, 11) is 0. The standard InChI is InChI=1S/C14H16ClF3N2O2/c1-9(10-3-2-4-11(15)7-10)19-12(21)20-6-5-13(22,8-20)14(16,17)18/h2-4,7,9,22H,5-6,8H2,1H3,(H,19,21). The van der Waals surface area contributed by atoms with Crippen molar-refractivity contribution in [2.45, 2.75) is 31.2 Å². The quantitative estimate of drug-likeness (QED) is 0.872. The Morgan fingerprint density at radius 1 is 1.50 bits per heavy atom. The topological polar surface area (TPSA) is 52.6 Å². The zero-order valence-corrected chi connectivity index (χ0v) is 12.6. The number of halogens is 4. The molecule has 0 spiro atoms. The van der Waals surface area contributed by atoms with Crippen LogP contribution in [0.2, 0.25) is 5.02 Å². The summed E-state index contributed by atoms with van der Waals surface area (Å²) < 4.78 is 38.2. The van der Waals surface area contributed by atoms with Gasteiger partial charge in [0.15, 0.2) is 5.60 Å². The minimum Gasteiger partial charge on any atom is -0.379 e. The van der Waals surface area contributed by atoms with Gasteiger partial charge in [-0.1, -0.05) is 23.7 Å². The number of benzene rings is 1. The van der Waals surface area contributed by atoms with Crippen molar-refractivity contribution >= 4 is 17.6 Å². The molecule has 1 aromatic carbocycles. The molecular weight excluding hydrogens is 321 g/mol. The van der Waals surface area contributed by atoms with Gasteiger partial charge in [0, 0.05) is 18.0 Å². The molecule has 2 atom stereocenters. The molecule has 1 aromatic rings. The number of hydrogen-bond acceptors (Lipinski definition) is 2. The van der Waals surface area contributed by atoms with E-state index in [4.69, 9.17) is 11.6 Å². The van der Waals surface area contributed by atoms with Gasteiger partial charge >= 0.3 is 12.2 Å². The van der Waals surface area contributed by atoms with Crippen LogP contribution in [0.15, 0.2) is 24.3 Å². The third-order valence-electron chi connectivity index (χ3n) is 3.75. The molecule has 2 N–H and O–H groups in total. The van der Waals surface area contributed by atoms with Gasteiger partial charge in [-0.2, -0.15) is 13.2 Å². The lowest BCUT2D eigenvalue weighted by atomic mass is 10.0. The van der Waals surface area contributed by atoms with E-state index in [1.807, 2.05) is 0 Å². The highest BCUT2D eigenvalue weighted by Crippen LogP contribution is 2.37. The molecule has 1 fully saturated rings. The van der Waals surface area contributed by atoms with Crippen LogP contribution in [0.4, 0.5) is 18.0 Å². The van der Waals surface area contributed by atoms with Gasteiger partial charge in [0.05, 0.1) is 12.6 Å². The van der Waals surface area contributed by atoms with Gasteiger partial charge in [-0.15, -0.1) is 0 Å². The van der Waals surface area contributed by atoms with E-state index < -0.39 is 36.8 Å². The number of urea groups is 1. The molecule has 1 aliphatic rings. The molecule has 2 rings (SSSR count). The Labute approximate surface area is 130 Å². The Balaban J connectivity index is 1.99. The number of hydrogen-bond donors (Lipinski definition) is 2. The molecule has 4 nitrogen and oxygen atoms in total. The number of nitrogens with zero attached hydrogens (tertiary/aromatic N) is 1. The van der Waals surface area contributed by atoms with Gasteiger partial charge in [-0.05, 0) is 24.6 Å². The Morgan fingerprint density at radius 3 is 2.73 bits per heavy atom. The molecular formula is C14H16ClF3N2O2. The average Bonchev–Trinajstić information content (AvgIpc) is 2.82. The Morgan fingerprint density at radius 2 is 2.18 bits per heavy atom. The zero-order chi connectivity index (χ0) is 16.5. The molecule has 8 heteroatoms. The van der Waals surface area contributed by atoms with Crippen LogP contribution in [0, 0.1) is 0 Å². The number of alkyl halides is 3. The van der Waals surface area contributed by atoms with Gasteiger partial charge in [-0.25, -0.2) is 4.79 Å². The van der Waals surface area contributed by atoms with Crippen LogP contribution in [0.3, 0.4) is 0 Å². The highest BCUT2D eigenvalue weighted by molar-refractivity contribution is 6.30. The van der Waals surface area contributed by atoms with Crippen molar-refractivity contribution in [3.63, 3.8) is 0 Å². The first-order valence-electron chi connectivity index (χ1n) is 6.72. The lowest BCUT2D eigenvalue weighted by Gasteiger charge is -2.26. The summed E-state index contributed by atoms with van der Waals surface area (Å²) in [6.45, 7) is 0.796. The van der Waals surface area contributed by atoms with E-state index in [1.165, 1.54) is 0 Å². The van der Waals surface area contributed by atoms with Crippen molar-refractivity contribution in [3.8, 4) is 0 Å². The molecule has 0 saturated carbocycles. The number of carbonyl (C=O) groups is 1. The number of nitrogens with one attached hydrogen (secondary N) is 1. The molecule has 0 bridgehead atoms. The maximum atomic E-state index is 12.7. The third-order valence-corrected chi connectivity index (χ3v) is 3.99. The summed E-state index contributed by atoms with van der Waals surface area (Å²) >= 11 is 5.86. The van der Waals surface area contributed by atoms with E-state index in [1.54, 1.807) is 31.2 Å². The average molecular weight is 337 g/mol. The Kier molecular flexibility index (Phi) is 4.58. The van der Waals surface area contributed by atoms with E-state index in [-0.39, 0.29) is 6.54 Å². The van der Waals surface area contributed by atoms with Crippen LogP contribution < -0.4 is 5.32 Å². The van der Waals surface area contributed by atoms with Crippen LogP contribution in [0.25, 0.3) is 0 Å². The minimum absolute atomic E-state index is 0.149. The fourth-order valence-electron chi connectivity index (χ4n) is 2.33. The zero-order valence-electron chi connectivity index (χ0n) is 11.8. The van der Waals surface area contributed by atoms with E-state index in [0.29, 0.717) is 5.02 Å². The van der Waals surface area contributed by atoms with Crippen LogP contribution >= 0.6 is 11.6 Å². The van der Waals surface area contributed by atoms with Crippen LogP contribution in [-0.4, -0.2) is 40.9 Å². The first-order chi connectivity index (χ1) is 10.1. The largest absolute Gasteiger partial charge is 0.419 e. The van der Waals surface area contributed by atoms with Gasteiger partial charge in [-0.3, -0.25) is 0 Å². The van der Waals surface area contributed by atoms with Gasteiger partial charge in [0.25, 0.3) is 0 Å². The third kappa shape index (κ3) is 3.47. The van der Waals surface area contributed by atoms with Crippen LogP contribution in [-0.2, 0) is 0 Å². The SMILES string of the molecule is CC(NC(=O)N1CCC(O)(C(F)(F)F)C1)c1cccc(Cl)c1. The lowest BCUT2D eigenvalue weighted by Crippen LogP contribution is -2.49. The smallest absolute Gasteiger partial charge is 0.379 e. The van der Waals surface area contributed by atoms with Crippen molar-refractivity contribution in [3.05, 3.63) is 34.9 Å². The molecule has 2 unspecified atom stereocenters. The molecule has 0 radical (unpaired) electrons. The van der Waals surface area contributed by atoms with E-state index in [2.05, 4.69) is 5.32 Å². The summed E-state index contributed by atoms with van der Waals surface area (Å²) in [6.07, 6.45) is -5.27. The highest BCUT2D eigenvalue weighted by atomic mass is 35.5. The second-order valence-corrected chi connectivity index (χ2v) is 5.86. The molecule has 22 heavy (non-hydrogen) atoms. The number of carbonyl (C=O) groups excluding carboxylic acids is 1. The van der Waals surface area contributed by atoms with Crippen LogP contribution in [0.5, 0.6) is 0 Å². The van der Waals surface area contributed by atoms with Crippen LogP contribution in [0.1, 0.15) is 24.9 Å². The van der Waals surface area contributed by atoms with Crippen molar-refractivity contribution in [2.24, 2.45) is 0 Å². The summed E-state index contributed by atoms with van der Waals surface area (Å²) in [5.74, 6) is 0. The van der Waals surface area contributed by atoms with E-state index >= 15 is 0 Å². The molecule has 2 amide bonds. The molecule has 1 aliphatic heterocycles. The van der Waals surface area contributed by atoms with Gasteiger partial charge in [0.1, 0.15) is 0 Å². The maximum Gasteiger partial charge on any atom is 0.419 e. The maximum absolute atomic E-state index is 12.7. The number of rotatable bonds is 2. The minimum atomic E-state index is -4.75. The molecule has 122 valence electrons. The number of aliphatic hydroxyl groups is 1. The molecule has 1 heterocycles.